The summed E-state index contributed by atoms with van der Waals surface area (Å²) in [6, 6.07) is 0. The number of aliphatic hydroxyl groups excluding tert-OH is 10. The first kappa shape index (κ1) is 38.6. The normalized spacial score (nSPS) is 15.9. The number of ether oxygens (including phenoxy) is 1. The van der Waals surface area contributed by atoms with Crippen molar-refractivity contribution >= 4 is 0 Å². The van der Waals surface area contributed by atoms with Gasteiger partial charge in [0.2, 0.25) is 0 Å². The molecule has 0 rings (SSSR count). The van der Waals surface area contributed by atoms with Gasteiger partial charge in [0.25, 0.3) is 0 Å². The number of hydrogen-bond acceptors (Lipinski definition) is 13. The van der Waals surface area contributed by atoms with Crippen LogP contribution in [0.25, 0.3) is 0 Å². The average molecular weight is 547 g/mol. The molecule has 0 saturated heterocycles. The summed E-state index contributed by atoms with van der Waals surface area (Å²) in [5, 5.41) is 92.1. The molecule has 13 heteroatoms. The van der Waals surface area contributed by atoms with Gasteiger partial charge in [-0.15, -0.1) is 0 Å². The molecule has 0 aliphatic heterocycles. The quantitative estimate of drug-likeness (QED) is 0.0665. The van der Waals surface area contributed by atoms with Gasteiger partial charge in [-0.25, -0.2) is 0 Å². The van der Waals surface area contributed by atoms with E-state index in [1.54, 1.807) is 27.7 Å². The van der Waals surface area contributed by atoms with Gasteiger partial charge in [0.05, 0.1) is 88.1 Å². The minimum absolute atomic E-state index is 0.141. The first-order valence-electron chi connectivity index (χ1n) is 12.7. The largest absolute Gasteiger partial charge is 0.396 e. The van der Waals surface area contributed by atoms with Crippen LogP contribution >= 0.6 is 0 Å². The van der Waals surface area contributed by atoms with Gasteiger partial charge in [0.1, 0.15) is 0 Å². The van der Waals surface area contributed by atoms with E-state index in [1.807, 2.05) is 9.80 Å². The molecule has 0 aliphatic rings. The summed E-state index contributed by atoms with van der Waals surface area (Å²) < 4.78 is 5.15. The smallest absolute Gasteiger partial charge is 0.0639 e. The molecule has 0 bridgehead atoms. The molecule has 4 atom stereocenters. The zero-order valence-electron chi connectivity index (χ0n) is 23.0. The van der Waals surface area contributed by atoms with Gasteiger partial charge in [-0.1, -0.05) is 0 Å². The predicted octanol–water partition coefficient (Wildman–Crippen LogP) is -3.96. The van der Waals surface area contributed by atoms with Gasteiger partial charge in [-0.3, -0.25) is 9.80 Å². The zero-order chi connectivity index (χ0) is 29.1. The maximum atomic E-state index is 9.47. The molecule has 37 heavy (non-hydrogen) atoms. The third-order valence-corrected chi connectivity index (χ3v) is 5.65. The fourth-order valence-corrected chi connectivity index (χ4v) is 3.35. The van der Waals surface area contributed by atoms with Crippen molar-refractivity contribution in [3.8, 4) is 0 Å². The average Bonchev–Trinajstić information content (AvgIpc) is 2.82. The second kappa shape index (κ2) is 21.3. The van der Waals surface area contributed by atoms with Crippen molar-refractivity contribution in [2.75, 3.05) is 92.1 Å². The summed E-state index contributed by atoms with van der Waals surface area (Å²) >= 11 is 0. The van der Waals surface area contributed by atoms with Crippen molar-refractivity contribution in [2.45, 2.75) is 52.1 Å². The standard InChI is InChI=1S/C14H32N2O4.C10H22O7/c1-11(17)7-15(8-12(2)18)5-6-16(9-13(3)19)10-14(4)20;11-1-9(2-12,3-13)7-17-8-10(4-14,5-15)6-16/h11-14,17-20H,5-10H2,1-4H3;11-16H,1-8H2. The summed E-state index contributed by atoms with van der Waals surface area (Å²) in [4.78, 5) is 3.98. The highest BCUT2D eigenvalue weighted by atomic mass is 16.5. The fraction of sp³-hybridized carbons (Fsp3) is 1.00. The van der Waals surface area contributed by atoms with Crippen LogP contribution in [0.4, 0.5) is 0 Å². The van der Waals surface area contributed by atoms with Crippen LogP contribution in [0.3, 0.4) is 0 Å². The maximum absolute atomic E-state index is 9.47. The highest BCUT2D eigenvalue weighted by molar-refractivity contribution is 4.80. The van der Waals surface area contributed by atoms with Gasteiger partial charge in [0, 0.05) is 39.3 Å². The molecule has 0 radical (unpaired) electrons. The van der Waals surface area contributed by atoms with E-state index < -0.39 is 74.9 Å². The molecule has 0 saturated carbocycles. The Morgan fingerprint density at radius 3 is 0.865 bits per heavy atom. The molecule has 13 nitrogen and oxygen atoms in total. The van der Waals surface area contributed by atoms with Crippen LogP contribution in [-0.4, -0.2) is 177 Å². The molecular weight excluding hydrogens is 492 g/mol. The lowest BCUT2D eigenvalue weighted by Crippen LogP contribution is -2.44. The minimum Gasteiger partial charge on any atom is -0.396 e. The second-order valence-electron chi connectivity index (χ2n) is 10.4. The Morgan fingerprint density at radius 2 is 0.703 bits per heavy atom. The molecule has 4 unspecified atom stereocenters. The van der Waals surface area contributed by atoms with E-state index in [-0.39, 0.29) is 13.2 Å². The van der Waals surface area contributed by atoms with Crippen LogP contribution in [0.2, 0.25) is 0 Å². The number of hydrogen-bond donors (Lipinski definition) is 10. The number of rotatable bonds is 21. The molecule has 226 valence electrons. The number of aliphatic hydroxyl groups is 10. The third-order valence-electron chi connectivity index (χ3n) is 5.65. The lowest BCUT2D eigenvalue weighted by Gasteiger charge is -2.31. The van der Waals surface area contributed by atoms with Gasteiger partial charge >= 0.3 is 0 Å². The SMILES string of the molecule is CC(O)CN(CCN(CC(C)O)CC(C)O)CC(C)O.OCC(CO)(CO)COCC(CO)(CO)CO. The first-order chi connectivity index (χ1) is 17.3. The molecule has 0 aromatic rings. The Hall–Kier alpha value is -0.520. The highest BCUT2D eigenvalue weighted by Gasteiger charge is 2.32. The van der Waals surface area contributed by atoms with Crippen molar-refractivity contribution in [1.82, 2.24) is 9.80 Å². The molecule has 0 amide bonds. The Morgan fingerprint density at radius 1 is 0.486 bits per heavy atom. The van der Waals surface area contributed by atoms with Gasteiger partial charge in [-0.2, -0.15) is 0 Å². The van der Waals surface area contributed by atoms with Crippen molar-refractivity contribution in [3.63, 3.8) is 0 Å². The van der Waals surface area contributed by atoms with E-state index in [0.29, 0.717) is 39.3 Å². The summed E-state index contributed by atoms with van der Waals surface area (Å²) in [5.41, 5.74) is -2.32. The van der Waals surface area contributed by atoms with Crippen molar-refractivity contribution in [1.29, 1.82) is 0 Å². The van der Waals surface area contributed by atoms with Crippen molar-refractivity contribution < 1.29 is 55.8 Å². The van der Waals surface area contributed by atoms with Crippen LogP contribution in [0.15, 0.2) is 0 Å². The van der Waals surface area contributed by atoms with E-state index in [2.05, 4.69) is 0 Å². The van der Waals surface area contributed by atoms with Gasteiger partial charge < -0.3 is 55.8 Å². The van der Waals surface area contributed by atoms with Crippen LogP contribution < -0.4 is 0 Å². The van der Waals surface area contributed by atoms with Crippen molar-refractivity contribution in [3.05, 3.63) is 0 Å². The summed E-state index contributed by atoms with van der Waals surface area (Å²) in [6.45, 7) is 7.24. The Labute approximate surface area is 221 Å². The second-order valence-corrected chi connectivity index (χ2v) is 10.4. The molecule has 0 aliphatic carbocycles. The van der Waals surface area contributed by atoms with Gasteiger partial charge in [-0.05, 0) is 27.7 Å². The Kier molecular flexibility index (Phi) is 22.3. The lowest BCUT2D eigenvalue weighted by molar-refractivity contribution is -0.103. The van der Waals surface area contributed by atoms with Crippen LogP contribution in [0.1, 0.15) is 27.7 Å². The van der Waals surface area contributed by atoms with E-state index >= 15 is 0 Å². The third kappa shape index (κ3) is 18.4. The molecule has 0 heterocycles. The zero-order valence-corrected chi connectivity index (χ0v) is 23.0. The highest BCUT2D eigenvalue weighted by Crippen LogP contribution is 2.19. The van der Waals surface area contributed by atoms with E-state index in [9.17, 15) is 20.4 Å². The maximum Gasteiger partial charge on any atom is 0.0639 e. The van der Waals surface area contributed by atoms with Crippen molar-refractivity contribution in [2.24, 2.45) is 10.8 Å². The minimum atomic E-state index is -1.16. The molecular formula is C24H54N2O11. The monoisotopic (exact) mass is 546 g/mol. The Bertz CT molecular complexity index is 436. The summed E-state index contributed by atoms with van der Waals surface area (Å²) in [5.74, 6) is 0. The fourth-order valence-electron chi connectivity index (χ4n) is 3.35. The predicted molar refractivity (Wildman–Crippen MR) is 138 cm³/mol. The molecule has 10 N–H and O–H groups in total. The van der Waals surface area contributed by atoms with Gasteiger partial charge in [0.15, 0.2) is 0 Å². The molecule has 0 spiro atoms. The van der Waals surface area contributed by atoms with E-state index in [4.69, 9.17) is 35.4 Å². The van der Waals surface area contributed by atoms with E-state index in [1.165, 1.54) is 0 Å². The lowest BCUT2D eigenvalue weighted by atomic mass is 9.91. The van der Waals surface area contributed by atoms with Crippen LogP contribution in [0, 0.1) is 10.8 Å². The molecule has 0 fully saturated rings. The topological polar surface area (TPSA) is 218 Å². The van der Waals surface area contributed by atoms with Crippen LogP contribution in [0.5, 0.6) is 0 Å². The summed E-state index contributed by atoms with van der Waals surface area (Å²) in [7, 11) is 0. The van der Waals surface area contributed by atoms with E-state index in [0.717, 1.165) is 0 Å². The molecule has 0 aromatic heterocycles. The summed E-state index contributed by atoms with van der Waals surface area (Å²) in [6.07, 6.45) is -1.79. The number of nitrogens with zero attached hydrogens (tertiary/aromatic N) is 2. The van der Waals surface area contributed by atoms with Crippen LogP contribution in [-0.2, 0) is 4.74 Å². The molecule has 0 aromatic carbocycles. The Balaban J connectivity index is 0. The first-order valence-corrected chi connectivity index (χ1v) is 12.7.